The van der Waals surface area contributed by atoms with E-state index in [4.69, 9.17) is 0 Å². The van der Waals surface area contributed by atoms with E-state index in [1.807, 2.05) is 14.0 Å². The van der Waals surface area contributed by atoms with Crippen LogP contribution < -0.4 is 10.6 Å². The molecule has 0 bridgehead atoms. The summed E-state index contributed by atoms with van der Waals surface area (Å²) in [4.78, 5) is 24.8. The number of nitrogens with one attached hydrogen (secondary N) is 2. The quantitative estimate of drug-likeness (QED) is 0.637. The Morgan fingerprint density at radius 3 is 2.95 bits per heavy atom. The van der Waals surface area contributed by atoms with Gasteiger partial charge in [-0.1, -0.05) is 6.07 Å². The summed E-state index contributed by atoms with van der Waals surface area (Å²) in [6.07, 6.45) is 2.17. The van der Waals surface area contributed by atoms with Crippen molar-refractivity contribution in [1.29, 1.82) is 0 Å². The number of nitro groups is 1. The highest BCUT2D eigenvalue weighted by Gasteiger charge is 2.26. The Labute approximate surface area is 129 Å². The average Bonchev–Trinajstić information content (AvgIpc) is 2.54. The molecule has 120 valence electrons. The van der Waals surface area contributed by atoms with E-state index < -0.39 is 4.92 Å². The number of piperidine rings is 1. The minimum atomic E-state index is -0.471. The molecule has 0 aliphatic carbocycles. The van der Waals surface area contributed by atoms with Gasteiger partial charge in [-0.25, -0.2) is 0 Å². The minimum absolute atomic E-state index is 0.0290. The standard InChI is InChI=1S/C15H22N4O3/c1-11(18-8-4-6-13(10-18)16-2)15(20)17-12-5-3-7-14(9-12)19(21)22/h3,5,7,9,11,13,16H,4,6,8,10H2,1-2H3,(H,17,20). The molecule has 1 aromatic rings. The second-order valence-electron chi connectivity index (χ2n) is 5.60. The lowest BCUT2D eigenvalue weighted by atomic mass is 10.0. The molecule has 0 spiro atoms. The predicted molar refractivity (Wildman–Crippen MR) is 84.8 cm³/mol. The summed E-state index contributed by atoms with van der Waals surface area (Å²) in [6, 6.07) is 6.14. The maximum absolute atomic E-state index is 12.3. The third kappa shape index (κ3) is 4.02. The third-order valence-corrected chi connectivity index (χ3v) is 4.11. The first-order chi connectivity index (χ1) is 10.5. The number of likely N-dealkylation sites (tertiary alicyclic amines) is 1. The van der Waals surface area contributed by atoms with Gasteiger partial charge in [-0.2, -0.15) is 0 Å². The molecule has 1 heterocycles. The number of carbonyl (C=O) groups excluding carboxylic acids is 1. The van der Waals surface area contributed by atoms with Gasteiger partial charge in [0, 0.05) is 30.4 Å². The van der Waals surface area contributed by atoms with Crippen LogP contribution in [0.15, 0.2) is 24.3 Å². The number of nitrogens with zero attached hydrogens (tertiary/aromatic N) is 2. The topological polar surface area (TPSA) is 87.5 Å². The van der Waals surface area contributed by atoms with E-state index in [-0.39, 0.29) is 17.6 Å². The Morgan fingerprint density at radius 1 is 1.50 bits per heavy atom. The molecule has 0 saturated carbocycles. The number of benzene rings is 1. The smallest absolute Gasteiger partial charge is 0.271 e. The van der Waals surface area contributed by atoms with Crippen LogP contribution >= 0.6 is 0 Å². The maximum Gasteiger partial charge on any atom is 0.271 e. The first kappa shape index (κ1) is 16.4. The first-order valence-electron chi connectivity index (χ1n) is 7.48. The van der Waals surface area contributed by atoms with Crippen LogP contribution in [0.5, 0.6) is 0 Å². The van der Waals surface area contributed by atoms with Crippen molar-refractivity contribution in [2.24, 2.45) is 0 Å². The summed E-state index contributed by atoms with van der Waals surface area (Å²) < 4.78 is 0. The van der Waals surface area contributed by atoms with Crippen molar-refractivity contribution in [1.82, 2.24) is 10.2 Å². The van der Waals surface area contributed by atoms with Crippen molar-refractivity contribution < 1.29 is 9.72 Å². The molecule has 1 saturated heterocycles. The van der Waals surface area contributed by atoms with Crippen LogP contribution in [0.2, 0.25) is 0 Å². The fourth-order valence-electron chi connectivity index (χ4n) is 2.70. The highest BCUT2D eigenvalue weighted by Crippen LogP contribution is 2.18. The van der Waals surface area contributed by atoms with Crippen molar-refractivity contribution in [3.8, 4) is 0 Å². The third-order valence-electron chi connectivity index (χ3n) is 4.11. The zero-order valence-corrected chi connectivity index (χ0v) is 12.9. The van der Waals surface area contributed by atoms with E-state index in [0.29, 0.717) is 11.7 Å². The number of amides is 1. The van der Waals surface area contributed by atoms with Gasteiger partial charge in [0.15, 0.2) is 0 Å². The summed E-state index contributed by atoms with van der Waals surface area (Å²) in [5.41, 5.74) is 0.423. The summed E-state index contributed by atoms with van der Waals surface area (Å²) in [6.45, 7) is 3.59. The van der Waals surface area contributed by atoms with Crippen molar-refractivity contribution in [3.63, 3.8) is 0 Å². The molecule has 7 heteroatoms. The molecule has 1 fully saturated rings. The number of non-ortho nitro benzene ring substituents is 1. The van der Waals surface area contributed by atoms with Crippen molar-refractivity contribution >= 4 is 17.3 Å². The first-order valence-corrected chi connectivity index (χ1v) is 7.48. The molecular formula is C15H22N4O3. The van der Waals surface area contributed by atoms with Gasteiger partial charge in [-0.15, -0.1) is 0 Å². The molecule has 0 aromatic heterocycles. The summed E-state index contributed by atoms with van der Waals surface area (Å²) >= 11 is 0. The second-order valence-corrected chi connectivity index (χ2v) is 5.60. The van der Waals surface area contributed by atoms with Crippen LogP contribution in [-0.2, 0) is 4.79 Å². The van der Waals surface area contributed by atoms with E-state index in [9.17, 15) is 14.9 Å². The molecule has 1 aliphatic rings. The second kappa shape index (κ2) is 7.33. The largest absolute Gasteiger partial charge is 0.324 e. The molecule has 22 heavy (non-hydrogen) atoms. The van der Waals surface area contributed by atoms with Gasteiger partial charge in [0.25, 0.3) is 5.69 Å². The maximum atomic E-state index is 12.3. The van der Waals surface area contributed by atoms with Gasteiger partial charge in [-0.05, 0) is 39.4 Å². The Kier molecular flexibility index (Phi) is 5.46. The van der Waals surface area contributed by atoms with Gasteiger partial charge in [0.2, 0.25) is 5.91 Å². The summed E-state index contributed by atoms with van der Waals surface area (Å²) in [5.74, 6) is -0.141. The van der Waals surface area contributed by atoms with Gasteiger partial charge >= 0.3 is 0 Å². The van der Waals surface area contributed by atoms with Gasteiger partial charge < -0.3 is 10.6 Å². The lowest BCUT2D eigenvalue weighted by molar-refractivity contribution is -0.384. The Balaban J connectivity index is 1.99. The number of rotatable bonds is 5. The minimum Gasteiger partial charge on any atom is -0.324 e. The number of hydrogen-bond donors (Lipinski definition) is 2. The fourth-order valence-corrected chi connectivity index (χ4v) is 2.70. The highest BCUT2D eigenvalue weighted by molar-refractivity contribution is 5.94. The van der Waals surface area contributed by atoms with Crippen molar-refractivity contribution in [2.75, 3.05) is 25.5 Å². The molecule has 7 nitrogen and oxygen atoms in total. The average molecular weight is 306 g/mol. The fraction of sp³-hybridized carbons (Fsp3) is 0.533. The van der Waals surface area contributed by atoms with Gasteiger partial charge in [-0.3, -0.25) is 19.8 Å². The summed E-state index contributed by atoms with van der Waals surface area (Å²) in [5, 5.41) is 16.8. The molecule has 2 rings (SSSR count). The Bertz CT molecular complexity index is 549. The highest BCUT2D eigenvalue weighted by atomic mass is 16.6. The van der Waals surface area contributed by atoms with Gasteiger partial charge in [0.05, 0.1) is 11.0 Å². The van der Waals surface area contributed by atoms with Crippen molar-refractivity contribution in [3.05, 3.63) is 34.4 Å². The zero-order chi connectivity index (χ0) is 16.1. The molecule has 1 aliphatic heterocycles. The van der Waals surface area contributed by atoms with Crippen LogP contribution in [0.25, 0.3) is 0 Å². The number of carbonyl (C=O) groups is 1. The Morgan fingerprint density at radius 2 is 2.27 bits per heavy atom. The van der Waals surface area contributed by atoms with E-state index >= 15 is 0 Å². The van der Waals surface area contributed by atoms with E-state index in [2.05, 4.69) is 15.5 Å². The van der Waals surface area contributed by atoms with Crippen LogP contribution in [0.3, 0.4) is 0 Å². The van der Waals surface area contributed by atoms with Crippen LogP contribution in [-0.4, -0.2) is 48.0 Å². The lowest BCUT2D eigenvalue weighted by Crippen LogP contribution is -2.51. The summed E-state index contributed by atoms with van der Waals surface area (Å²) in [7, 11) is 1.93. The van der Waals surface area contributed by atoms with Gasteiger partial charge in [0.1, 0.15) is 0 Å². The normalized spacial score (nSPS) is 20.4. The SMILES string of the molecule is CNC1CCCN(C(C)C(=O)Nc2cccc([N+](=O)[O-])c2)C1. The molecule has 2 atom stereocenters. The molecule has 2 unspecified atom stereocenters. The van der Waals surface area contributed by atoms with Crippen LogP contribution in [0, 0.1) is 10.1 Å². The lowest BCUT2D eigenvalue weighted by Gasteiger charge is -2.35. The van der Waals surface area contributed by atoms with E-state index in [0.717, 1.165) is 25.9 Å². The van der Waals surface area contributed by atoms with E-state index in [1.54, 1.807) is 12.1 Å². The molecule has 1 amide bonds. The zero-order valence-electron chi connectivity index (χ0n) is 12.9. The van der Waals surface area contributed by atoms with E-state index in [1.165, 1.54) is 12.1 Å². The molecule has 0 radical (unpaired) electrons. The number of anilines is 1. The molecular weight excluding hydrogens is 284 g/mol. The van der Waals surface area contributed by atoms with Crippen LogP contribution in [0.4, 0.5) is 11.4 Å². The van der Waals surface area contributed by atoms with Crippen molar-refractivity contribution in [2.45, 2.75) is 31.8 Å². The number of likely N-dealkylation sites (N-methyl/N-ethyl adjacent to an activating group) is 1. The number of nitro benzene ring substituents is 1. The molecule has 1 aromatic carbocycles. The Hall–Kier alpha value is -1.99. The molecule has 2 N–H and O–H groups in total. The number of hydrogen-bond acceptors (Lipinski definition) is 5. The van der Waals surface area contributed by atoms with Crippen LogP contribution in [0.1, 0.15) is 19.8 Å². The predicted octanol–water partition coefficient (Wildman–Crippen LogP) is 1.61. The monoisotopic (exact) mass is 306 g/mol.